The molecule has 29 heavy (non-hydrogen) atoms. The van der Waals surface area contributed by atoms with E-state index in [9.17, 15) is 9.59 Å². The molecule has 0 saturated carbocycles. The molecule has 1 saturated heterocycles. The minimum absolute atomic E-state index is 0.0256. The summed E-state index contributed by atoms with van der Waals surface area (Å²) in [5.41, 5.74) is 1.30. The second-order valence-corrected chi connectivity index (χ2v) is 7.89. The first kappa shape index (κ1) is 21.2. The lowest BCUT2D eigenvalue weighted by Crippen LogP contribution is -2.28. The molecule has 2 aromatic carbocycles. The van der Waals surface area contributed by atoms with Crippen LogP contribution < -0.4 is 15.4 Å². The van der Waals surface area contributed by atoms with E-state index in [1.54, 1.807) is 24.3 Å². The molecule has 150 valence electrons. The van der Waals surface area contributed by atoms with Crippen LogP contribution in [0.3, 0.4) is 0 Å². The molecule has 7 nitrogen and oxygen atoms in total. The predicted octanol–water partition coefficient (Wildman–Crippen LogP) is 3.95. The number of methoxy groups -OCH3 is 1. The van der Waals surface area contributed by atoms with Crippen molar-refractivity contribution in [3.8, 4) is 5.75 Å². The zero-order chi connectivity index (χ0) is 20.8. The fourth-order valence-electron chi connectivity index (χ4n) is 2.49. The maximum atomic E-state index is 12.1. The van der Waals surface area contributed by atoms with Crippen LogP contribution in [0.1, 0.15) is 12.0 Å². The van der Waals surface area contributed by atoms with E-state index in [-0.39, 0.29) is 18.2 Å². The quantitative estimate of drug-likeness (QED) is 0.514. The standard InChI is InChI=1S/C19H16Cl2N4O3S/c1-28-17-13(20)7-11(8-14(17)21)10-22-25-19-24-18(27)15(29-19)9-16(26)23-12-5-3-2-4-6-12/h2-8,10,15H,9H2,1H3,(H,23,26)(H,24,25,27). The third kappa shape index (κ3) is 5.72. The van der Waals surface area contributed by atoms with E-state index in [1.165, 1.54) is 13.3 Å². The second-order valence-electron chi connectivity index (χ2n) is 5.88. The third-order valence-corrected chi connectivity index (χ3v) is 5.42. The molecule has 1 atom stereocenters. The topological polar surface area (TPSA) is 92.2 Å². The summed E-state index contributed by atoms with van der Waals surface area (Å²) in [4.78, 5) is 24.2. The number of carbonyl (C=O) groups excluding carboxylic acids is 2. The van der Waals surface area contributed by atoms with E-state index in [0.717, 1.165) is 11.8 Å². The summed E-state index contributed by atoms with van der Waals surface area (Å²) in [6.45, 7) is 0. The van der Waals surface area contributed by atoms with Crippen molar-refractivity contribution in [3.63, 3.8) is 0 Å². The summed E-state index contributed by atoms with van der Waals surface area (Å²) in [6, 6.07) is 12.3. The highest BCUT2D eigenvalue weighted by Gasteiger charge is 2.32. The first-order valence-corrected chi connectivity index (χ1v) is 10.1. The van der Waals surface area contributed by atoms with Crippen molar-refractivity contribution in [3.05, 3.63) is 58.1 Å². The number of carbonyl (C=O) groups is 2. The van der Waals surface area contributed by atoms with Gasteiger partial charge in [-0.3, -0.25) is 9.59 Å². The Bertz CT molecular complexity index is 960. The summed E-state index contributed by atoms with van der Waals surface area (Å²) in [5, 5.41) is 13.7. The fraction of sp³-hybridized carbons (Fsp3) is 0.158. The average molecular weight is 451 g/mol. The maximum absolute atomic E-state index is 12.1. The third-order valence-electron chi connectivity index (χ3n) is 3.78. The van der Waals surface area contributed by atoms with Gasteiger partial charge in [0.1, 0.15) is 5.25 Å². The first-order valence-electron chi connectivity index (χ1n) is 8.42. The Hall–Kier alpha value is -2.55. The number of halogens is 2. The van der Waals surface area contributed by atoms with E-state index in [0.29, 0.717) is 32.2 Å². The lowest BCUT2D eigenvalue weighted by Gasteiger charge is -2.06. The van der Waals surface area contributed by atoms with Crippen molar-refractivity contribution in [1.82, 2.24) is 5.32 Å². The van der Waals surface area contributed by atoms with Gasteiger partial charge in [0.2, 0.25) is 11.8 Å². The highest BCUT2D eigenvalue weighted by atomic mass is 35.5. The molecule has 2 N–H and O–H groups in total. The molecule has 2 aromatic rings. The molecule has 0 aromatic heterocycles. The Balaban J connectivity index is 1.59. The number of anilines is 1. The van der Waals surface area contributed by atoms with Crippen LogP contribution in [0.5, 0.6) is 5.75 Å². The molecule has 10 heteroatoms. The van der Waals surface area contributed by atoms with Crippen LogP contribution in [0.15, 0.2) is 52.7 Å². The van der Waals surface area contributed by atoms with Gasteiger partial charge in [0.05, 0.1) is 23.4 Å². The summed E-state index contributed by atoms with van der Waals surface area (Å²) in [6.07, 6.45) is 1.48. The number of nitrogens with one attached hydrogen (secondary N) is 2. The van der Waals surface area contributed by atoms with Crippen LogP contribution in [0.4, 0.5) is 5.69 Å². The van der Waals surface area contributed by atoms with Gasteiger partial charge in [0.15, 0.2) is 10.9 Å². The molecule has 2 amide bonds. The zero-order valence-corrected chi connectivity index (χ0v) is 17.5. The van der Waals surface area contributed by atoms with Gasteiger partial charge in [-0.25, -0.2) is 0 Å². The molecule has 3 rings (SSSR count). The number of para-hydroxylation sites is 1. The summed E-state index contributed by atoms with van der Waals surface area (Å²) in [7, 11) is 1.48. The van der Waals surface area contributed by atoms with E-state index in [1.807, 2.05) is 18.2 Å². The number of hydrogen-bond acceptors (Lipinski definition) is 6. The highest BCUT2D eigenvalue weighted by molar-refractivity contribution is 8.15. The minimum Gasteiger partial charge on any atom is -0.494 e. The van der Waals surface area contributed by atoms with E-state index in [4.69, 9.17) is 27.9 Å². The number of rotatable bonds is 6. The number of ether oxygens (including phenoxy) is 1. The Morgan fingerprint density at radius 2 is 1.97 bits per heavy atom. The van der Waals surface area contributed by atoms with Crippen LogP contribution in [-0.4, -0.2) is 35.6 Å². The summed E-state index contributed by atoms with van der Waals surface area (Å²) < 4.78 is 5.09. The minimum atomic E-state index is -0.572. The molecule has 0 aliphatic carbocycles. The second kappa shape index (κ2) is 9.78. The molecule has 0 spiro atoms. The fourth-order valence-corrected chi connectivity index (χ4v) is 4.07. The Morgan fingerprint density at radius 3 is 2.62 bits per heavy atom. The van der Waals surface area contributed by atoms with Crippen molar-refractivity contribution in [2.24, 2.45) is 10.2 Å². The highest BCUT2D eigenvalue weighted by Crippen LogP contribution is 2.33. The van der Waals surface area contributed by atoms with E-state index in [2.05, 4.69) is 20.8 Å². The van der Waals surface area contributed by atoms with Crippen molar-refractivity contribution < 1.29 is 14.3 Å². The Labute approximate surface area is 181 Å². The van der Waals surface area contributed by atoms with Gasteiger partial charge in [-0.05, 0) is 29.8 Å². The van der Waals surface area contributed by atoms with Gasteiger partial charge in [-0.1, -0.05) is 53.2 Å². The number of amides is 2. The van der Waals surface area contributed by atoms with Crippen molar-refractivity contribution in [2.75, 3.05) is 12.4 Å². The molecule has 1 aliphatic rings. The first-order chi connectivity index (χ1) is 14.0. The zero-order valence-electron chi connectivity index (χ0n) is 15.2. The number of hydrogen-bond donors (Lipinski definition) is 2. The van der Waals surface area contributed by atoms with Gasteiger partial charge < -0.3 is 15.4 Å². The van der Waals surface area contributed by atoms with Gasteiger partial charge in [0.25, 0.3) is 0 Å². The van der Waals surface area contributed by atoms with Crippen LogP contribution >= 0.6 is 35.0 Å². The monoisotopic (exact) mass is 450 g/mol. The smallest absolute Gasteiger partial charge is 0.240 e. The van der Waals surface area contributed by atoms with Crippen molar-refractivity contribution >= 4 is 63.8 Å². The summed E-state index contributed by atoms with van der Waals surface area (Å²) in [5.74, 6) is -0.161. The van der Waals surface area contributed by atoms with Crippen LogP contribution in [-0.2, 0) is 9.59 Å². The van der Waals surface area contributed by atoms with Gasteiger partial charge in [0, 0.05) is 12.1 Å². The number of thioether (sulfide) groups is 1. The van der Waals surface area contributed by atoms with Crippen molar-refractivity contribution in [2.45, 2.75) is 11.7 Å². The predicted molar refractivity (Wildman–Crippen MR) is 117 cm³/mol. The van der Waals surface area contributed by atoms with Gasteiger partial charge in [-0.2, -0.15) is 5.10 Å². The number of amidine groups is 1. The molecule has 0 radical (unpaired) electrons. The molecule has 1 unspecified atom stereocenters. The molecule has 1 fully saturated rings. The molecular formula is C19H16Cl2N4O3S. The molecular weight excluding hydrogens is 435 g/mol. The molecule has 1 heterocycles. The van der Waals surface area contributed by atoms with Crippen LogP contribution in [0, 0.1) is 0 Å². The van der Waals surface area contributed by atoms with Gasteiger partial charge in [-0.15, -0.1) is 5.10 Å². The molecule has 1 aliphatic heterocycles. The average Bonchev–Trinajstić information content (AvgIpc) is 3.01. The number of benzene rings is 2. The normalized spacial score (nSPS) is 17.6. The van der Waals surface area contributed by atoms with Crippen molar-refractivity contribution in [1.29, 1.82) is 0 Å². The van der Waals surface area contributed by atoms with Gasteiger partial charge >= 0.3 is 0 Å². The van der Waals surface area contributed by atoms with Crippen LogP contribution in [0.25, 0.3) is 0 Å². The maximum Gasteiger partial charge on any atom is 0.240 e. The van der Waals surface area contributed by atoms with E-state index < -0.39 is 5.25 Å². The largest absolute Gasteiger partial charge is 0.494 e. The van der Waals surface area contributed by atoms with E-state index >= 15 is 0 Å². The SMILES string of the molecule is COc1c(Cl)cc(C=N/N=C2\NC(=O)C(CC(=O)Nc3ccccc3)S2)cc1Cl. The van der Waals surface area contributed by atoms with Crippen LogP contribution in [0.2, 0.25) is 10.0 Å². The summed E-state index contributed by atoms with van der Waals surface area (Å²) >= 11 is 13.3. The Kier molecular flexibility index (Phi) is 7.13. The number of nitrogens with zero attached hydrogens (tertiary/aromatic N) is 2. The Morgan fingerprint density at radius 1 is 1.28 bits per heavy atom. The molecule has 0 bridgehead atoms. The lowest BCUT2D eigenvalue weighted by molar-refractivity contribution is -0.122. The lowest BCUT2D eigenvalue weighted by atomic mass is 10.2.